The Morgan fingerprint density at radius 3 is 2.11 bits per heavy atom. The maximum atomic E-state index is 12.6. The zero-order valence-electron chi connectivity index (χ0n) is 15.3. The van der Waals surface area contributed by atoms with Crippen LogP contribution in [0.1, 0.15) is 34.6 Å². The van der Waals surface area contributed by atoms with E-state index in [0.29, 0.717) is 18.7 Å². The van der Waals surface area contributed by atoms with Crippen molar-refractivity contribution < 1.29 is 27.5 Å². The second-order valence-electron chi connectivity index (χ2n) is 5.52. The summed E-state index contributed by atoms with van der Waals surface area (Å²) in [7, 11) is -2.40. The van der Waals surface area contributed by atoms with E-state index in [2.05, 4.69) is 4.74 Å². The van der Waals surface area contributed by atoms with Gasteiger partial charge in [-0.15, -0.1) is 0 Å². The van der Waals surface area contributed by atoms with E-state index in [4.69, 9.17) is 4.74 Å². The van der Waals surface area contributed by atoms with Crippen molar-refractivity contribution in [2.24, 2.45) is 0 Å². The fourth-order valence-electron chi connectivity index (χ4n) is 2.44. The van der Waals surface area contributed by atoms with E-state index >= 15 is 0 Å². The van der Waals surface area contributed by atoms with Crippen LogP contribution in [0.25, 0.3) is 0 Å². The van der Waals surface area contributed by atoms with Crippen LogP contribution in [0, 0.1) is 0 Å². The third-order valence-corrected chi connectivity index (χ3v) is 5.94. The van der Waals surface area contributed by atoms with E-state index in [0.717, 1.165) is 0 Å². The predicted octanol–water partition coefficient (Wildman–Crippen LogP) is 2.72. The number of hydrogen-bond acceptors (Lipinski definition) is 6. The molecular formula is C19H21NO6S. The summed E-state index contributed by atoms with van der Waals surface area (Å²) < 4.78 is 36.3. The first-order chi connectivity index (χ1) is 12.8. The first-order valence-electron chi connectivity index (χ1n) is 8.34. The van der Waals surface area contributed by atoms with Crippen molar-refractivity contribution in [1.82, 2.24) is 4.31 Å². The van der Waals surface area contributed by atoms with Crippen molar-refractivity contribution in [3.8, 4) is 5.75 Å². The van der Waals surface area contributed by atoms with Crippen LogP contribution in [-0.4, -0.2) is 44.9 Å². The molecule has 0 saturated heterocycles. The Morgan fingerprint density at radius 2 is 1.56 bits per heavy atom. The molecule has 8 heteroatoms. The minimum Gasteiger partial charge on any atom is -0.465 e. The highest BCUT2D eigenvalue weighted by Crippen LogP contribution is 2.19. The number of hydrogen-bond donors (Lipinski definition) is 0. The molecule has 0 spiro atoms. The molecule has 0 aliphatic rings. The lowest BCUT2D eigenvalue weighted by atomic mass is 10.2. The van der Waals surface area contributed by atoms with Gasteiger partial charge in [0, 0.05) is 13.1 Å². The molecule has 0 heterocycles. The Hall–Kier alpha value is -2.71. The predicted molar refractivity (Wildman–Crippen MR) is 99.3 cm³/mol. The summed E-state index contributed by atoms with van der Waals surface area (Å²) in [5.41, 5.74) is 0.435. The molecule has 0 unspecified atom stereocenters. The van der Waals surface area contributed by atoms with Crippen molar-refractivity contribution in [3.05, 3.63) is 59.7 Å². The zero-order valence-corrected chi connectivity index (χ0v) is 16.2. The molecular weight excluding hydrogens is 370 g/mol. The monoisotopic (exact) mass is 391 g/mol. The molecule has 7 nitrogen and oxygen atoms in total. The zero-order chi connectivity index (χ0) is 20.0. The van der Waals surface area contributed by atoms with E-state index in [1.807, 2.05) is 0 Å². The summed E-state index contributed by atoms with van der Waals surface area (Å²) in [6, 6.07) is 11.6. The van der Waals surface area contributed by atoms with E-state index in [1.54, 1.807) is 13.8 Å². The molecule has 2 aromatic carbocycles. The van der Waals surface area contributed by atoms with Gasteiger partial charge in [0.2, 0.25) is 10.0 Å². The van der Waals surface area contributed by atoms with Gasteiger partial charge in [-0.2, -0.15) is 4.31 Å². The number of nitrogens with zero attached hydrogens (tertiary/aromatic N) is 1. The van der Waals surface area contributed by atoms with E-state index in [1.165, 1.54) is 59.9 Å². The van der Waals surface area contributed by atoms with Crippen LogP contribution in [-0.2, 0) is 14.8 Å². The second-order valence-corrected chi connectivity index (χ2v) is 7.46. The molecule has 0 aromatic heterocycles. The van der Waals surface area contributed by atoms with Gasteiger partial charge < -0.3 is 9.47 Å². The average Bonchev–Trinajstić information content (AvgIpc) is 2.68. The molecule has 0 fully saturated rings. The lowest BCUT2D eigenvalue weighted by Crippen LogP contribution is -2.30. The van der Waals surface area contributed by atoms with Gasteiger partial charge in [0.05, 0.1) is 23.1 Å². The molecule has 0 N–H and O–H groups in total. The summed E-state index contributed by atoms with van der Waals surface area (Å²) in [5.74, 6) is -0.968. The molecule has 0 aliphatic heterocycles. The maximum absolute atomic E-state index is 12.6. The van der Waals surface area contributed by atoms with E-state index in [-0.39, 0.29) is 16.2 Å². The Kier molecular flexibility index (Phi) is 6.70. The Bertz CT molecular complexity index is 917. The SMILES string of the molecule is CCN(CC)S(=O)(=O)c1cccc(C(=O)Oc2ccc(C(=O)OC)cc2)c1. The third-order valence-electron chi connectivity index (χ3n) is 3.90. The number of sulfonamides is 1. The molecule has 144 valence electrons. The van der Waals surface area contributed by atoms with Gasteiger partial charge in [-0.25, -0.2) is 18.0 Å². The Labute approximate surface area is 158 Å². The number of methoxy groups -OCH3 is 1. The smallest absolute Gasteiger partial charge is 0.343 e. The molecule has 0 amide bonds. The van der Waals surface area contributed by atoms with Gasteiger partial charge >= 0.3 is 11.9 Å². The molecule has 0 radical (unpaired) electrons. The van der Waals surface area contributed by atoms with Crippen LogP contribution in [0.5, 0.6) is 5.75 Å². The molecule has 0 saturated carbocycles. The summed E-state index contributed by atoms with van der Waals surface area (Å²) in [5, 5.41) is 0. The van der Waals surface area contributed by atoms with Crippen LogP contribution >= 0.6 is 0 Å². The normalized spacial score (nSPS) is 11.3. The lowest BCUT2D eigenvalue weighted by Gasteiger charge is -2.18. The summed E-state index contributed by atoms with van der Waals surface area (Å²) in [6.07, 6.45) is 0. The van der Waals surface area contributed by atoms with Gasteiger partial charge in [-0.1, -0.05) is 19.9 Å². The highest BCUT2D eigenvalue weighted by atomic mass is 32.2. The minimum atomic E-state index is -3.67. The highest BCUT2D eigenvalue weighted by Gasteiger charge is 2.23. The van der Waals surface area contributed by atoms with Crippen LogP contribution in [0.3, 0.4) is 0 Å². The quantitative estimate of drug-likeness (QED) is 0.532. The summed E-state index contributed by atoms with van der Waals surface area (Å²) in [4.78, 5) is 23.8. The standard InChI is InChI=1S/C19H21NO6S/c1-4-20(5-2)27(23,24)17-8-6-7-15(13-17)19(22)26-16-11-9-14(10-12-16)18(21)25-3/h6-13H,4-5H2,1-3H3. The van der Waals surface area contributed by atoms with Crippen LogP contribution in [0.4, 0.5) is 0 Å². The molecule has 0 aliphatic carbocycles. The number of benzene rings is 2. The number of carbonyl (C=O) groups excluding carboxylic acids is 2. The van der Waals surface area contributed by atoms with Gasteiger partial charge in [-0.05, 0) is 42.5 Å². The van der Waals surface area contributed by atoms with Gasteiger partial charge in [-0.3, -0.25) is 0 Å². The Balaban J connectivity index is 2.21. The molecule has 27 heavy (non-hydrogen) atoms. The highest BCUT2D eigenvalue weighted by molar-refractivity contribution is 7.89. The van der Waals surface area contributed by atoms with Crippen molar-refractivity contribution >= 4 is 22.0 Å². The first kappa shape index (κ1) is 20.6. The van der Waals surface area contributed by atoms with Crippen LogP contribution < -0.4 is 4.74 Å². The van der Waals surface area contributed by atoms with Crippen molar-refractivity contribution in [2.45, 2.75) is 18.7 Å². The number of ether oxygens (including phenoxy) is 2. The number of rotatable bonds is 7. The van der Waals surface area contributed by atoms with Crippen molar-refractivity contribution in [1.29, 1.82) is 0 Å². The number of esters is 2. The van der Waals surface area contributed by atoms with Crippen molar-refractivity contribution in [2.75, 3.05) is 20.2 Å². The molecule has 0 bridgehead atoms. The first-order valence-corrected chi connectivity index (χ1v) is 9.78. The summed E-state index contributed by atoms with van der Waals surface area (Å²) in [6.45, 7) is 4.16. The Morgan fingerprint density at radius 1 is 0.926 bits per heavy atom. The molecule has 2 rings (SSSR count). The van der Waals surface area contributed by atoms with Gasteiger partial charge in [0.1, 0.15) is 5.75 Å². The second kappa shape index (κ2) is 8.79. The minimum absolute atomic E-state index is 0.0293. The average molecular weight is 391 g/mol. The summed E-state index contributed by atoms with van der Waals surface area (Å²) >= 11 is 0. The fourth-order valence-corrected chi connectivity index (χ4v) is 3.94. The van der Waals surface area contributed by atoms with Crippen molar-refractivity contribution in [3.63, 3.8) is 0 Å². The number of carbonyl (C=O) groups is 2. The van der Waals surface area contributed by atoms with Gasteiger partial charge in [0.15, 0.2) is 0 Å². The molecule has 2 aromatic rings. The topological polar surface area (TPSA) is 90.0 Å². The third kappa shape index (κ3) is 4.72. The van der Waals surface area contributed by atoms with Crippen LogP contribution in [0.15, 0.2) is 53.4 Å². The van der Waals surface area contributed by atoms with E-state index in [9.17, 15) is 18.0 Å². The fraction of sp³-hybridized carbons (Fsp3) is 0.263. The van der Waals surface area contributed by atoms with Crippen LogP contribution in [0.2, 0.25) is 0 Å². The molecule has 0 atom stereocenters. The lowest BCUT2D eigenvalue weighted by molar-refractivity contribution is 0.0600. The van der Waals surface area contributed by atoms with E-state index < -0.39 is 22.0 Å². The largest absolute Gasteiger partial charge is 0.465 e. The van der Waals surface area contributed by atoms with Gasteiger partial charge in [0.25, 0.3) is 0 Å². The maximum Gasteiger partial charge on any atom is 0.343 e.